The number of halogens is 1. The highest BCUT2D eigenvalue weighted by atomic mass is 32.2. The van der Waals surface area contributed by atoms with Crippen molar-refractivity contribution in [3.8, 4) is 0 Å². The van der Waals surface area contributed by atoms with Crippen molar-refractivity contribution in [2.45, 2.75) is 25.2 Å². The normalized spacial score (nSPS) is 16.8. The Morgan fingerprint density at radius 1 is 1.19 bits per heavy atom. The summed E-state index contributed by atoms with van der Waals surface area (Å²) < 4.78 is 37.9. The van der Waals surface area contributed by atoms with Crippen LogP contribution in [-0.4, -0.2) is 25.0 Å². The van der Waals surface area contributed by atoms with Gasteiger partial charge < -0.3 is 5.32 Å². The predicted octanol–water partition coefficient (Wildman–Crippen LogP) is 3.31. The second-order valence-electron chi connectivity index (χ2n) is 6.10. The molecule has 26 heavy (non-hydrogen) atoms. The number of nitrogens with one attached hydrogen (secondary N) is 2. The first-order chi connectivity index (χ1) is 12.3. The van der Waals surface area contributed by atoms with Crippen LogP contribution in [0.4, 0.5) is 10.1 Å². The zero-order chi connectivity index (χ0) is 18.9. The summed E-state index contributed by atoms with van der Waals surface area (Å²) in [5.41, 5.74) is 6.44. The number of sulfone groups is 1. The number of anilines is 1. The van der Waals surface area contributed by atoms with E-state index < -0.39 is 15.7 Å². The fraction of sp³-hybridized carbons (Fsp3) is 0.222. The molecule has 1 aliphatic heterocycles. The van der Waals surface area contributed by atoms with E-state index in [4.69, 9.17) is 12.2 Å². The number of aryl methyl sites for hydroxylation is 2. The van der Waals surface area contributed by atoms with E-state index in [0.717, 1.165) is 22.9 Å². The number of thiocarbonyl (C=S) groups is 1. The van der Waals surface area contributed by atoms with Crippen molar-refractivity contribution in [1.29, 1.82) is 0 Å². The van der Waals surface area contributed by atoms with Crippen LogP contribution >= 0.6 is 12.2 Å². The van der Waals surface area contributed by atoms with E-state index in [0.29, 0.717) is 5.71 Å². The van der Waals surface area contributed by atoms with Crippen LogP contribution in [0.5, 0.6) is 0 Å². The first kappa shape index (κ1) is 18.5. The van der Waals surface area contributed by atoms with Crippen LogP contribution in [-0.2, 0) is 9.84 Å². The maximum absolute atomic E-state index is 13.6. The number of para-hydroxylation sites is 1. The van der Waals surface area contributed by atoms with Crippen molar-refractivity contribution in [1.82, 2.24) is 5.43 Å². The molecule has 0 saturated carbocycles. The van der Waals surface area contributed by atoms with Crippen LogP contribution in [0, 0.1) is 19.7 Å². The van der Waals surface area contributed by atoms with Crippen LogP contribution in [0.15, 0.2) is 46.4 Å². The molecule has 0 radical (unpaired) electrons. The molecule has 0 unspecified atom stereocenters. The fourth-order valence-electron chi connectivity index (χ4n) is 2.86. The van der Waals surface area contributed by atoms with Crippen LogP contribution in [0.1, 0.15) is 23.1 Å². The maximum Gasteiger partial charge on any atom is 0.191 e. The van der Waals surface area contributed by atoms with Gasteiger partial charge in [-0.25, -0.2) is 12.8 Å². The van der Waals surface area contributed by atoms with Gasteiger partial charge in [0.15, 0.2) is 14.9 Å². The molecule has 1 aliphatic rings. The Kier molecular flexibility index (Phi) is 5.06. The van der Waals surface area contributed by atoms with Gasteiger partial charge in [0.05, 0.1) is 16.4 Å². The summed E-state index contributed by atoms with van der Waals surface area (Å²) in [5.74, 6) is -0.576. The third-order valence-corrected chi connectivity index (χ3v) is 6.17. The highest BCUT2D eigenvalue weighted by molar-refractivity contribution is 7.91. The Labute approximate surface area is 157 Å². The van der Waals surface area contributed by atoms with Crippen molar-refractivity contribution in [3.05, 3.63) is 58.9 Å². The van der Waals surface area contributed by atoms with Crippen molar-refractivity contribution in [2.75, 3.05) is 11.1 Å². The Morgan fingerprint density at radius 3 is 2.58 bits per heavy atom. The van der Waals surface area contributed by atoms with E-state index >= 15 is 0 Å². The molecule has 0 amide bonds. The molecule has 0 saturated heterocycles. The average Bonchev–Trinajstić information content (AvgIpc) is 2.57. The van der Waals surface area contributed by atoms with Crippen LogP contribution < -0.4 is 10.7 Å². The summed E-state index contributed by atoms with van der Waals surface area (Å²) in [6, 6.07) is 9.50. The van der Waals surface area contributed by atoms with Crippen molar-refractivity contribution in [3.63, 3.8) is 0 Å². The maximum atomic E-state index is 13.6. The number of benzene rings is 2. The molecule has 0 atom stereocenters. The minimum Gasteiger partial charge on any atom is -0.331 e. The summed E-state index contributed by atoms with van der Waals surface area (Å²) in [5, 5.41) is 7.59. The monoisotopic (exact) mass is 391 g/mol. The lowest BCUT2D eigenvalue weighted by molar-refractivity contribution is 0.592. The predicted molar refractivity (Wildman–Crippen MR) is 105 cm³/mol. The molecule has 1 heterocycles. The molecule has 2 N–H and O–H groups in total. The zero-order valence-electron chi connectivity index (χ0n) is 14.3. The quantitative estimate of drug-likeness (QED) is 0.467. The summed E-state index contributed by atoms with van der Waals surface area (Å²) in [6.45, 7) is 3.93. The number of hydrogen-bond acceptors (Lipinski definition) is 4. The van der Waals surface area contributed by atoms with Crippen LogP contribution in [0.2, 0.25) is 0 Å². The lowest BCUT2D eigenvalue weighted by Gasteiger charge is -2.19. The lowest BCUT2D eigenvalue weighted by atomic mass is 10.1. The molecular formula is C18H18FN3O2S2. The third kappa shape index (κ3) is 3.76. The minimum absolute atomic E-state index is 0.0662. The summed E-state index contributed by atoms with van der Waals surface area (Å²) in [7, 11) is -3.41. The fourth-order valence-corrected chi connectivity index (χ4v) is 4.48. The number of hydrogen-bond donors (Lipinski definition) is 2. The van der Waals surface area contributed by atoms with E-state index in [1.807, 2.05) is 32.0 Å². The summed E-state index contributed by atoms with van der Waals surface area (Å²) >= 11 is 5.27. The Bertz CT molecular complexity index is 997. The highest BCUT2D eigenvalue weighted by Crippen LogP contribution is 2.26. The standard InChI is InChI=1S/C18H18FN3O2S2/c1-11-4-3-5-12(2)17(11)20-18(25)22-21-15-8-9-26(23,24)16-7-6-13(19)10-14(15)16/h3-7,10H,8-9H2,1-2H3,(H2,20,22,25)/b21-15-. The van der Waals surface area contributed by atoms with Crippen LogP contribution in [0.3, 0.4) is 0 Å². The molecule has 8 heteroatoms. The van der Waals surface area contributed by atoms with Gasteiger partial charge in [0.1, 0.15) is 5.82 Å². The van der Waals surface area contributed by atoms with Gasteiger partial charge in [0.25, 0.3) is 0 Å². The third-order valence-electron chi connectivity index (χ3n) is 4.21. The smallest absolute Gasteiger partial charge is 0.191 e. The first-order valence-corrected chi connectivity index (χ1v) is 10.1. The van der Waals surface area contributed by atoms with Crippen molar-refractivity contribution in [2.24, 2.45) is 5.10 Å². The second kappa shape index (κ2) is 7.13. The van der Waals surface area contributed by atoms with Gasteiger partial charge in [0, 0.05) is 17.7 Å². The van der Waals surface area contributed by atoms with E-state index in [1.165, 1.54) is 12.1 Å². The van der Waals surface area contributed by atoms with Gasteiger partial charge in [-0.3, -0.25) is 5.43 Å². The van der Waals surface area contributed by atoms with E-state index in [1.54, 1.807) is 0 Å². The second-order valence-corrected chi connectivity index (χ2v) is 8.59. The first-order valence-electron chi connectivity index (χ1n) is 8.00. The SMILES string of the molecule is Cc1cccc(C)c1NC(=S)N/N=C1/CCS(=O)(=O)c2ccc(F)cc21. The molecular weight excluding hydrogens is 373 g/mol. The molecule has 0 aromatic heterocycles. The number of fused-ring (bicyclic) bond motifs is 1. The zero-order valence-corrected chi connectivity index (χ0v) is 16.0. The molecule has 2 aromatic carbocycles. The molecule has 5 nitrogen and oxygen atoms in total. The van der Waals surface area contributed by atoms with E-state index in [2.05, 4.69) is 15.8 Å². The van der Waals surface area contributed by atoms with Gasteiger partial charge in [0.2, 0.25) is 0 Å². The van der Waals surface area contributed by atoms with Gasteiger partial charge in [-0.1, -0.05) is 18.2 Å². The number of nitrogens with zero attached hydrogens (tertiary/aromatic N) is 1. The number of hydrazone groups is 1. The minimum atomic E-state index is -3.41. The Morgan fingerprint density at radius 2 is 1.88 bits per heavy atom. The molecule has 0 spiro atoms. The van der Waals surface area contributed by atoms with Gasteiger partial charge >= 0.3 is 0 Å². The van der Waals surface area contributed by atoms with Crippen molar-refractivity contribution < 1.29 is 12.8 Å². The average molecular weight is 391 g/mol. The summed E-state index contributed by atoms with van der Waals surface area (Å²) in [4.78, 5) is 0.0966. The molecule has 3 rings (SSSR count). The largest absolute Gasteiger partial charge is 0.331 e. The lowest BCUT2D eigenvalue weighted by Crippen LogP contribution is -2.29. The molecule has 136 valence electrons. The molecule has 0 aliphatic carbocycles. The van der Waals surface area contributed by atoms with Gasteiger partial charge in [-0.05, 0) is 55.4 Å². The van der Waals surface area contributed by atoms with Crippen LogP contribution in [0.25, 0.3) is 0 Å². The number of rotatable bonds is 2. The molecule has 0 fully saturated rings. The highest BCUT2D eigenvalue weighted by Gasteiger charge is 2.28. The van der Waals surface area contributed by atoms with Crippen molar-refractivity contribution >= 4 is 38.6 Å². The van der Waals surface area contributed by atoms with Gasteiger partial charge in [-0.2, -0.15) is 5.10 Å². The Balaban J connectivity index is 1.83. The topological polar surface area (TPSA) is 70.6 Å². The molecule has 0 bridgehead atoms. The summed E-state index contributed by atoms with van der Waals surface area (Å²) in [6.07, 6.45) is 0.192. The van der Waals surface area contributed by atoms with E-state index in [-0.39, 0.29) is 27.7 Å². The van der Waals surface area contributed by atoms with E-state index in [9.17, 15) is 12.8 Å². The Hall–Kier alpha value is -2.32. The van der Waals surface area contributed by atoms with Gasteiger partial charge in [-0.15, -0.1) is 0 Å². The molecule has 2 aromatic rings.